The average molecular weight is 152 g/mol. The van der Waals surface area contributed by atoms with E-state index in [1.807, 2.05) is 0 Å². The van der Waals surface area contributed by atoms with Crippen molar-refractivity contribution in [1.29, 1.82) is 5.41 Å². The van der Waals surface area contributed by atoms with Gasteiger partial charge in [-0.15, -0.1) is 0 Å². The smallest absolute Gasteiger partial charge is 0.0307 e. The maximum atomic E-state index is 7.02. The van der Waals surface area contributed by atoms with Gasteiger partial charge in [-0.1, -0.05) is 19.8 Å². The highest BCUT2D eigenvalue weighted by Crippen LogP contribution is 2.06. The highest BCUT2D eigenvalue weighted by molar-refractivity contribution is 5.75. The lowest BCUT2D eigenvalue weighted by molar-refractivity contribution is 0.722. The van der Waals surface area contributed by atoms with E-state index in [-0.39, 0.29) is 0 Å². The lowest BCUT2D eigenvalue weighted by Crippen LogP contribution is -1.84. The highest BCUT2D eigenvalue weighted by Gasteiger charge is 1.91. The van der Waals surface area contributed by atoms with Crippen molar-refractivity contribution < 1.29 is 0 Å². The maximum Gasteiger partial charge on any atom is 0.0307 e. The van der Waals surface area contributed by atoms with Crippen molar-refractivity contribution in [2.24, 2.45) is 4.99 Å². The standard InChI is InChI=1S/C9H16N2/c1-3-4-5-6-9(7-10)8-11-2/h7-8,10H,2-6H2,1H3/b9-8-,10-7?. The Morgan fingerprint density at radius 1 is 1.55 bits per heavy atom. The molecule has 11 heavy (non-hydrogen) atoms. The van der Waals surface area contributed by atoms with Gasteiger partial charge in [0.25, 0.3) is 0 Å². The Labute approximate surface area is 68.5 Å². The number of rotatable bonds is 6. The minimum atomic E-state index is 0.955. The summed E-state index contributed by atoms with van der Waals surface area (Å²) >= 11 is 0. The molecule has 0 saturated carbocycles. The number of allylic oxidation sites excluding steroid dienone is 1. The van der Waals surface area contributed by atoms with Gasteiger partial charge in [0.2, 0.25) is 0 Å². The lowest BCUT2D eigenvalue weighted by Gasteiger charge is -1.97. The predicted octanol–water partition coefficient (Wildman–Crippen LogP) is 2.80. The van der Waals surface area contributed by atoms with E-state index in [0.717, 1.165) is 18.4 Å². The van der Waals surface area contributed by atoms with Gasteiger partial charge in [0.1, 0.15) is 0 Å². The largest absolute Gasteiger partial charge is 0.308 e. The molecule has 2 heteroatoms. The predicted molar refractivity (Wildman–Crippen MR) is 50.6 cm³/mol. The quantitative estimate of drug-likeness (QED) is 0.449. The Hall–Kier alpha value is -0.920. The molecule has 0 aromatic heterocycles. The monoisotopic (exact) mass is 152 g/mol. The minimum Gasteiger partial charge on any atom is -0.308 e. The summed E-state index contributed by atoms with van der Waals surface area (Å²) in [5, 5.41) is 7.02. The van der Waals surface area contributed by atoms with Crippen molar-refractivity contribution in [3.05, 3.63) is 11.8 Å². The molecule has 0 spiro atoms. The van der Waals surface area contributed by atoms with Crippen LogP contribution < -0.4 is 0 Å². The molecule has 0 aliphatic heterocycles. The first-order chi connectivity index (χ1) is 5.35. The summed E-state index contributed by atoms with van der Waals surface area (Å²) in [5.41, 5.74) is 0.966. The second-order valence-electron chi connectivity index (χ2n) is 2.49. The van der Waals surface area contributed by atoms with Crippen molar-refractivity contribution in [3.8, 4) is 0 Å². The molecule has 0 unspecified atom stereocenters. The molecule has 0 aromatic rings. The first-order valence-corrected chi connectivity index (χ1v) is 4.00. The van der Waals surface area contributed by atoms with E-state index in [4.69, 9.17) is 5.41 Å². The minimum absolute atomic E-state index is 0.955. The Morgan fingerprint density at radius 3 is 2.73 bits per heavy atom. The van der Waals surface area contributed by atoms with Crippen LogP contribution in [0, 0.1) is 5.41 Å². The van der Waals surface area contributed by atoms with Crippen molar-refractivity contribution in [2.45, 2.75) is 32.6 Å². The van der Waals surface area contributed by atoms with Crippen molar-refractivity contribution in [3.63, 3.8) is 0 Å². The summed E-state index contributed by atoms with van der Waals surface area (Å²) in [4.78, 5) is 3.62. The van der Waals surface area contributed by atoms with Crippen LogP contribution in [-0.4, -0.2) is 12.9 Å². The molecule has 2 nitrogen and oxygen atoms in total. The lowest BCUT2D eigenvalue weighted by atomic mass is 10.1. The summed E-state index contributed by atoms with van der Waals surface area (Å²) in [6, 6.07) is 0. The summed E-state index contributed by atoms with van der Waals surface area (Å²) in [5.74, 6) is 0. The van der Waals surface area contributed by atoms with Gasteiger partial charge in [-0.3, -0.25) is 4.99 Å². The third kappa shape index (κ3) is 5.52. The van der Waals surface area contributed by atoms with Gasteiger partial charge in [0, 0.05) is 12.4 Å². The molecule has 62 valence electrons. The highest BCUT2D eigenvalue weighted by atomic mass is 14.6. The third-order valence-electron chi connectivity index (χ3n) is 1.51. The van der Waals surface area contributed by atoms with E-state index in [1.54, 1.807) is 6.20 Å². The van der Waals surface area contributed by atoms with Gasteiger partial charge in [-0.25, -0.2) is 0 Å². The molecule has 0 heterocycles. The van der Waals surface area contributed by atoms with Crippen LogP contribution in [0.15, 0.2) is 16.8 Å². The number of aliphatic imine (C=N–C) groups is 1. The van der Waals surface area contributed by atoms with Crippen LogP contribution in [0.4, 0.5) is 0 Å². The molecule has 0 rings (SSSR count). The summed E-state index contributed by atoms with van der Waals surface area (Å²) in [7, 11) is 0. The number of hydrogen-bond donors (Lipinski definition) is 1. The fourth-order valence-electron chi connectivity index (χ4n) is 0.870. The van der Waals surface area contributed by atoms with Crippen LogP contribution >= 0.6 is 0 Å². The summed E-state index contributed by atoms with van der Waals surface area (Å²) < 4.78 is 0. The van der Waals surface area contributed by atoms with Gasteiger partial charge >= 0.3 is 0 Å². The Balaban J connectivity index is 3.60. The van der Waals surface area contributed by atoms with Gasteiger partial charge in [-0.05, 0) is 25.1 Å². The molecule has 1 N–H and O–H groups in total. The van der Waals surface area contributed by atoms with E-state index in [9.17, 15) is 0 Å². The van der Waals surface area contributed by atoms with Gasteiger partial charge in [0.05, 0.1) is 0 Å². The number of nitrogens with one attached hydrogen (secondary N) is 1. The van der Waals surface area contributed by atoms with Gasteiger partial charge in [0.15, 0.2) is 0 Å². The second-order valence-corrected chi connectivity index (χ2v) is 2.49. The Kier molecular flexibility index (Phi) is 6.59. The van der Waals surface area contributed by atoms with Crippen LogP contribution in [-0.2, 0) is 0 Å². The molecule has 0 aliphatic rings. The zero-order valence-corrected chi connectivity index (χ0v) is 7.14. The number of nitrogens with zero attached hydrogens (tertiary/aromatic N) is 1. The fourth-order valence-corrected chi connectivity index (χ4v) is 0.870. The van der Waals surface area contributed by atoms with Gasteiger partial charge in [-0.2, -0.15) is 0 Å². The first-order valence-electron chi connectivity index (χ1n) is 4.00. The molecule has 0 atom stereocenters. The van der Waals surface area contributed by atoms with Crippen molar-refractivity contribution in [2.75, 3.05) is 0 Å². The third-order valence-corrected chi connectivity index (χ3v) is 1.51. The zero-order valence-electron chi connectivity index (χ0n) is 7.14. The molecular formula is C9H16N2. The molecule has 0 radical (unpaired) electrons. The topological polar surface area (TPSA) is 36.2 Å². The summed E-state index contributed by atoms with van der Waals surface area (Å²) in [6.45, 7) is 5.51. The van der Waals surface area contributed by atoms with E-state index < -0.39 is 0 Å². The van der Waals surface area contributed by atoms with Crippen molar-refractivity contribution in [1.82, 2.24) is 0 Å². The van der Waals surface area contributed by atoms with Crippen LogP contribution in [0.3, 0.4) is 0 Å². The number of unbranched alkanes of at least 4 members (excludes halogenated alkanes) is 2. The van der Waals surface area contributed by atoms with Crippen LogP contribution in [0.2, 0.25) is 0 Å². The van der Waals surface area contributed by atoms with E-state index in [0.29, 0.717) is 0 Å². The second kappa shape index (κ2) is 7.19. The maximum absolute atomic E-state index is 7.02. The SMILES string of the molecule is C=N/C=C(\C=N)CCCCC. The fraction of sp³-hybridized carbons (Fsp3) is 0.556. The normalized spacial score (nSPS) is 11.2. The first kappa shape index (κ1) is 10.1. The molecule has 0 aromatic carbocycles. The molecular weight excluding hydrogens is 136 g/mol. The van der Waals surface area contributed by atoms with Gasteiger partial charge < -0.3 is 5.41 Å². The van der Waals surface area contributed by atoms with Crippen LogP contribution in [0.25, 0.3) is 0 Å². The number of hydrogen-bond acceptors (Lipinski definition) is 2. The zero-order chi connectivity index (χ0) is 8.53. The van der Waals surface area contributed by atoms with Crippen molar-refractivity contribution >= 4 is 12.9 Å². The van der Waals surface area contributed by atoms with E-state index in [1.165, 1.54) is 19.1 Å². The summed E-state index contributed by atoms with van der Waals surface area (Å²) in [6.07, 6.45) is 7.55. The Bertz CT molecular complexity index is 148. The van der Waals surface area contributed by atoms with Crippen LogP contribution in [0.1, 0.15) is 32.6 Å². The van der Waals surface area contributed by atoms with E-state index in [2.05, 4.69) is 18.6 Å². The molecule has 0 amide bonds. The molecule has 0 aliphatic carbocycles. The molecule has 0 fully saturated rings. The van der Waals surface area contributed by atoms with Crippen LogP contribution in [0.5, 0.6) is 0 Å². The molecule has 0 bridgehead atoms. The molecule has 0 saturated heterocycles. The Morgan fingerprint density at radius 2 is 2.27 bits per heavy atom. The van der Waals surface area contributed by atoms with E-state index >= 15 is 0 Å². The average Bonchev–Trinajstić information content (AvgIpc) is 2.03.